The molecule has 1 heterocycles. The number of hydrogen-bond donors (Lipinski definition) is 1. The topological polar surface area (TPSA) is 40.5 Å². The first-order valence-corrected chi connectivity index (χ1v) is 7.44. The number of thiazole rings is 1. The van der Waals surface area contributed by atoms with Gasteiger partial charge in [0.1, 0.15) is 0 Å². The van der Waals surface area contributed by atoms with Gasteiger partial charge in [0.15, 0.2) is 5.96 Å². The molecule has 0 saturated heterocycles. The van der Waals surface area contributed by atoms with Gasteiger partial charge in [0, 0.05) is 26.0 Å². The maximum Gasteiger partial charge on any atom is 0.193 e. The lowest BCUT2D eigenvalue weighted by Crippen LogP contribution is -2.39. The van der Waals surface area contributed by atoms with Gasteiger partial charge in [-0.3, -0.25) is 4.99 Å². The molecule has 19 heavy (non-hydrogen) atoms. The molecule has 0 radical (unpaired) electrons. The average molecular weight is 396 g/mol. The lowest BCUT2D eigenvalue weighted by molar-refractivity contribution is 0.464. The van der Waals surface area contributed by atoms with E-state index in [1.165, 1.54) is 17.8 Å². The Balaban J connectivity index is 0.00000324. The number of aryl methyl sites for hydroxylation is 1. The summed E-state index contributed by atoms with van der Waals surface area (Å²) in [4.78, 5) is 11.0. The number of guanidine groups is 1. The fourth-order valence-corrected chi connectivity index (χ4v) is 2.39. The fraction of sp³-hybridized carbons (Fsp3) is 0.692. The third-order valence-corrected chi connectivity index (χ3v) is 3.79. The van der Waals surface area contributed by atoms with E-state index in [-0.39, 0.29) is 24.0 Å². The first-order chi connectivity index (χ1) is 8.71. The maximum atomic E-state index is 4.54. The van der Waals surface area contributed by atoms with E-state index in [4.69, 9.17) is 0 Å². The lowest BCUT2D eigenvalue weighted by atomic mass is 10.3. The predicted molar refractivity (Wildman–Crippen MR) is 94.6 cm³/mol. The zero-order valence-electron chi connectivity index (χ0n) is 12.3. The van der Waals surface area contributed by atoms with Gasteiger partial charge in [-0.05, 0) is 12.8 Å². The molecule has 0 unspecified atom stereocenters. The first kappa shape index (κ1) is 18.6. The van der Waals surface area contributed by atoms with Gasteiger partial charge in [0.25, 0.3) is 0 Å². The predicted octanol–water partition coefficient (Wildman–Crippen LogP) is 3.13. The summed E-state index contributed by atoms with van der Waals surface area (Å²) in [5, 5.41) is 6.66. The van der Waals surface area contributed by atoms with Crippen molar-refractivity contribution in [3.63, 3.8) is 0 Å². The molecular formula is C13H25IN4S. The molecule has 0 aliphatic heterocycles. The van der Waals surface area contributed by atoms with Gasteiger partial charge in [-0.1, -0.05) is 20.3 Å². The molecule has 0 fully saturated rings. The summed E-state index contributed by atoms with van der Waals surface area (Å²) >= 11 is 1.73. The molecule has 0 aromatic carbocycles. The number of nitrogens with one attached hydrogen (secondary N) is 1. The quantitative estimate of drug-likeness (QED) is 0.456. The van der Waals surface area contributed by atoms with E-state index in [0.29, 0.717) is 0 Å². The van der Waals surface area contributed by atoms with Gasteiger partial charge >= 0.3 is 0 Å². The number of unbranched alkanes of at least 4 members (excludes halogenated alkanes) is 1. The summed E-state index contributed by atoms with van der Waals surface area (Å²) in [6, 6.07) is 0. The molecule has 0 atom stereocenters. The molecule has 0 aliphatic rings. The van der Waals surface area contributed by atoms with Crippen LogP contribution in [0.1, 0.15) is 37.4 Å². The Bertz CT molecular complexity index is 378. The highest BCUT2D eigenvalue weighted by atomic mass is 127. The van der Waals surface area contributed by atoms with Crippen LogP contribution in [0.2, 0.25) is 0 Å². The Morgan fingerprint density at radius 2 is 2.21 bits per heavy atom. The third-order valence-electron chi connectivity index (χ3n) is 2.75. The molecule has 1 aromatic heterocycles. The van der Waals surface area contributed by atoms with E-state index in [1.807, 2.05) is 7.05 Å². The average Bonchev–Trinajstić information content (AvgIpc) is 2.85. The van der Waals surface area contributed by atoms with Crippen molar-refractivity contribution in [3.8, 4) is 0 Å². The van der Waals surface area contributed by atoms with Crippen molar-refractivity contribution in [2.45, 2.75) is 39.7 Å². The number of halogens is 1. The van der Waals surface area contributed by atoms with Crippen molar-refractivity contribution in [2.24, 2.45) is 4.99 Å². The van der Waals surface area contributed by atoms with Crippen LogP contribution in [-0.4, -0.2) is 36.5 Å². The summed E-state index contributed by atoms with van der Waals surface area (Å²) in [5.41, 5.74) is 1.10. The van der Waals surface area contributed by atoms with Crippen LogP contribution in [0, 0.1) is 0 Å². The monoisotopic (exact) mass is 396 g/mol. The van der Waals surface area contributed by atoms with Crippen LogP contribution in [0.15, 0.2) is 10.4 Å². The fourth-order valence-electron chi connectivity index (χ4n) is 1.65. The van der Waals surface area contributed by atoms with Gasteiger partial charge in [-0.2, -0.15) is 0 Å². The number of hydrogen-bond acceptors (Lipinski definition) is 3. The smallest absolute Gasteiger partial charge is 0.193 e. The Kier molecular flexibility index (Phi) is 10.2. The van der Waals surface area contributed by atoms with Crippen LogP contribution in [0.4, 0.5) is 0 Å². The van der Waals surface area contributed by atoms with Crippen LogP contribution < -0.4 is 5.32 Å². The minimum Gasteiger partial charge on any atom is -0.351 e. The second-order valence-corrected chi connectivity index (χ2v) is 5.20. The van der Waals surface area contributed by atoms with Crippen LogP contribution >= 0.6 is 35.3 Å². The van der Waals surface area contributed by atoms with Crippen molar-refractivity contribution in [2.75, 3.05) is 20.6 Å². The maximum absolute atomic E-state index is 4.54. The summed E-state index contributed by atoms with van der Waals surface area (Å²) in [6.07, 6.45) is 3.40. The molecule has 0 bridgehead atoms. The third kappa shape index (κ3) is 6.56. The Morgan fingerprint density at radius 1 is 1.47 bits per heavy atom. The minimum absolute atomic E-state index is 0. The van der Waals surface area contributed by atoms with Crippen molar-refractivity contribution >= 4 is 41.3 Å². The van der Waals surface area contributed by atoms with Crippen LogP contribution in [0.3, 0.4) is 0 Å². The molecular weight excluding hydrogens is 371 g/mol. The minimum atomic E-state index is 0. The van der Waals surface area contributed by atoms with E-state index < -0.39 is 0 Å². The molecule has 1 aromatic rings. The van der Waals surface area contributed by atoms with Gasteiger partial charge < -0.3 is 10.2 Å². The number of nitrogens with zero attached hydrogens (tertiary/aromatic N) is 3. The molecule has 0 saturated carbocycles. The molecule has 0 amide bonds. The number of aromatic nitrogens is 1. The van der Waals surface area contributed by atoms with Gasteiger partial charge in [0.05, 0.1) is 17.2 Å². The van der Waals surface area contributed by atoms with Crippen LogP contribution in [0.5, 0.6) is 0 Å². The number of aliphatic imine (C=N–C) groups is 1. The van der Waals surface area contributed by atoms with Crippen molar-refractivity contribution < 1.29 is 0 Å². The SMILES string of the molecule is CCCCN(C)C(=NC)NCc1csc(CC)n1.I. The van der Waals surface area contributed by atoms with Gasteiger partial charge in [-0.15, -0.1) is 35.3 Å². The first-order valence-electron chi connectivity index (χ1n) is 6.56. The highest BCUT2D eigenvalue weighted by molar-refractivity contribution is 14.0. The molecule has 4 nitrogen and oxygen atoms in total. The largest absolute Gasteiger partial charge is 0.351 e. The second kappa shape index (κ2) is 10.4. The zero-order chi connectivity index (χ0) is 13.4. The summed E-state index contributed by atoms with van der Waals surface area (Å²) in [7, 11) is 3.90. The Labute approximate surface area is 137 Å². The van der Waals surface area contributed by atoms with E-state index in [1.54, 1.807) is 11.3 Å². The van der Waals surface area contributed by atoms with Crippen LogP contribution in [-0.2, 0) is 13.0 Å². The van der Waals surface area contributed by atoms with Crippen molar-refractivity contribution in [3.05, 3.63) is 16.1 Å². The lowest BCUT2D eigenvalue weighted by Gasteiger charge is -2.21. The zero-order valence-corrected chi connectivity index (χ0v) is 15.4. The van der Waals surface area contributed by atoms with Crippen molar-refractivity contribution in [1.29, 1.82) is 0 Å². The van der Waals surface area contributed by atoms with Gasteiger partial charge in [0.2, 0.25) is 0 Å². The summed E-state index contributed by atoms with van der Waals surface area (Å²) in [6.45, 7) is 6.12. The molecule has 6 heteroatoms. The Hall–Kier alpha value is -0.370. The van der Waals surface area contributed by atoms with E-state index in [2.05, 4.69) is 46.5 Å². The van der Waals surface area contributed by atoms with E-state index in [9.17, 15) is 0 Å². The number of rotatable bonds is 6. The van der Waals surface area contributed by atoms with Crippen LogP contribution in [0.25, 0.3) is 0 Å². The van der Waals surface area contributed by atoms with Gasteiger partial charge in [-0.25, -0.2) is 4.98 Å². The molecule has 0 aliphatic carbocycles. The van der Waals surface area contributed by atoms with Crippen molar-refractivity contribution in [1.82, 2.24) is 15.2 Å². The molecule has 1 rings (SSSR count). The highest BCUT2D eigenvalue weighted by Crippen LogP contribution is 2.09. The summed E-state index contributed by atoms with van der Waals surface area (Å²) in [5.74, 6) is 0.939. The highest BCUT2D eigenvalue weighted by Gasteiger charge is 2.06. The molecule has 1 N–H and O–H groups in total. The second-order valence-electron chi connectivity index (χ2n) is 4.26. The Morgan fingerprint density at radius 3 is 2.74 bits per heavy atom. The standard InChI is InChI=1S/C13H24N4S.HI/c1-5-7-8-17(4)13(14-3)15-9-11-10-18-12(6-2)16-11;/h10H,5-9H2,1-4H3,(H,14,15);1H. The molecule has 110 valence electrons. The normalized spacial score (nSPS) is 11.1. The summed E-state index contributed by atoms with van der Waals surface area (Å²) < 4.78 is 0. The van der Waals surface area contributed by atoms with E-state index >= 15 is 0 Å². The van der Waals surface area contributed by atoms with E-state index in [0.717, 1.165) is 31.2 Å². The molecule has 0 spiro atoms.